The lowest BCUT2D eigenvalue weighted by molar-refractivity contribution is 0.101. The van der Waals surface area contributed by atoms with E-state index >= 15 is 0 Å². The smallest absolute Gasteiger partial charge is 0.293 e. The van der Waals surface area contributed by atoms with E-state index in [-0.39, 0.29) is 18.3 Å². The molecule has 2 aromatic heterocycles. The highest BCUT2D eigenvalue weighted by molar-refractivity contribution is 5.94. The summed E-state index contributed by atoms with van der Waals surface area (Å²) >= 11 is 0. The molecule has 2 heterocycles. The quantitative estimate of drug-likeness (QED) is 0.377. The third-order valence-corrected chi connectivity index (χ3v) is 4.56. The van der Waals surface area contributed by atoms with Gasteiger partial charge in [0.25, 0.3) is 5.89 Å². The number of aromatic nitrogens is 2. The Labute approximate surface area is 167 Å². The van der Waals surface area contributed by atoms with Crippen molar-refractivity contribution < 1.29 is 18.5 Å². The SMILES string of the molecule is CC(=O)c1ccc(OCc2ccc(-c3nc(-c4cccc(N)c4C)no3)o2)cc1. The van der Waals surface area contributed by atoms with Crippen LogP contribution in [-0.4, -0.2) is 15.9 Å². The standard InChI is InChI=1S/C22H19N3O4/c1-13-18(4-3-5-19(13)23)21-24-22(29-25-21)20-11-10-17(28-20)12-27-16-8-6-15(7-9-16)14(2)26/h3-11H,12,23H2,1-2H3. The van der Waals surface area contributed by atoms with Crippen LogP contribution in [0.4, 0.5) is 5.69 Å². The van der Waals surface area contributed by atoms with E-state index in [0.717, 1.165) is 11.1 Å². The number of nitrogens with zero attached hydrogens (tertiary/aromatic N) is 2. The van der Waals surface area contributed by atoms with E-state index in [1.165, 1.54) is 6.92 Å². The number of ketones is 1. The lowest BCUT2D eigenvalue weighted by Crippen LogP contribution is -1.95. The molecular formula is C22H19N3O4. The van der Waals surface area contributed by atoms with Crippen molar-refractivity contribution in [2.75, 3.05) is 5.73 Å². The van der Waals surface area contributed by atoms with Crippen molar-refractivity contribution in [2.24, 2.45) is 0 Å². The summed E-state index contributed by atoms with van der Waals surface area (Å²) in [5, 5.41) is 4.03. The Morgan fingerprint density at radius 3 is 2.66 bits per heavy atom. The summed E-state index contributed by atoms with van der Waals surface area (Å²) in [5.74, 6) is 2.44. The average molecular weight is 389 g/mol. The lowest BCUT2D eigenvalue weighted by Gasteiger charge is -2.04. The molecule has 146 valence electrons. The molecule has 0 spiro atoms. The number of ether oxygens (including phenoxy) is 1. The summed E-state index contributed by atoms with van der Waals surface area (Å²) in [6.45, 7) is 3.66. The molecule has 2 N–H and O–H groups in total. The Morgan fingerprint density at radius 1 is 1.10 bits per heavy atom. The Bertz CT molecular complexity index is 1160. The first-order valence-electron chi connectivity index (χ1n) is 9.03. The van der Waals surface area contributed by atoms with Gasteiger partial charge in [-0.25, -0.2) is 0 Å². The third-order valence-electron chi connectivity index (χ3n) is 4.56. The zero-order chi connectivity index (χ0) is 20.4. The molecule has 0 aliphatic rings. The van der Waals surface area contributed by atoms with Gasteiger partial charge in [0.05, 0.1) is 0 Å². The fraction of sp³-hybridized carbons (Fsp3) is 0.136. The van der Waals surface area contributed by atoms with Crippen molar-refractivity contribution >= 4 is 11.5 Å². The highest BCUT2D eigenvalue weighted by atomic mass is 16.5. The van der Waals surface area contributed by atoms with Crippen LogP contribution >= 0.6 is 0 Å². The highest BCUT2D eigenvalue weighted by Gasteiger charge is 2.16. The molecule has 4 rings (SSSR count). The molecule has 4 aromatic rings. The zero-order valence-electron chi connectivity index (χ0n) is 16.0. The maximum Gasteiger partial charge on any atom is 0.293 e. The lowest BCUT2D eigenvalue weighted by atomic mass is 10.1. The molecule has 0 radical (unpaired) electrons. The Morgan fingerprint density at radius 2 is 1.90 bits per heavy atom. The van der Waals surface area contributed by atoms with Gasteiger partial charge >= 0.3 is 0 Å². The van der Waals surface area contributed by atoms with E-state index in [9.17, 15) is 4.79 Å². The monoisotopic (exact) mass is 389 g/mol. The molecule has 29 heavy (non-hydrogen) atoms. The predicted octanol–water partition coefficient (Wildman–Crippen LogP) is 4.67. The average Bonchev–Trinajstić information content (AvgIpc) is 3.38. The summed E-state index contributed by atoms with van der Waals surface area (Å²) in [4.78, 5) is 15.7. The topological polar surface area (TPSA) is 104 Å². The van der Waals surface area contributed by atoms with E-state index in [2.05, 4.69) is 10.1 Å². The minimum atomic E-state index is 0.0135. The number of hydrogen-bond donors (Lipinski definition) is 1. The molecule has 0 atom stereocenters. The minimum absolute atomic E-state index is 0.0135. The van der Waals surface area contributed by atoms with Gasteiger partial charge in [-0.2, -0.15) is 4.98 Å². The molecule has 7 nitrogen and oxygen atoms in total. The largest absolute Gasteiger partial charge is 0.486 e. The van der Waals surface area contributed by atoms with E-state index in [1.54, 1.807) is 36.4 Å². The van der Waals surface area contributed by atoms with E-state index in [1.807, 2.05) is 25.1 Å². The van der Waals surface area contributed by atoms with Crippen molar-refractivity contribution in [1.29, 1.82) is 0 Å². The number of rotatable bonds is 6. The van der Waals surface area contributed by atoms with Crippen molar-refractivity contribution in [3.63, 3.8) is 0 Å². The van der Waals surface area contributed by atoms with Gasteiger partial charge in [0, 0.05) is 16.8 Å². The molecule has 0 unspecified atom stereocenters. The molecule has 0 amide bonds. The van der Waals surface area contributed by atoms with Gasteiger partial charge in [-0.15, -0.1) is 0 Å². The molecule has 0 bridgehead atoms. The molecule has 0 saturated heterocycles. The highest BCUT2D eigenvalue weighted by Crippen LogP contribution is 2.28. The summed E-state index contributed by atoms with van der Waals surface area (Å²) < 4.78 is 16.8. The van der Waals surface area contributed by atoms with Crippen LogP contribution in [0.2, 0.25) is 0 Å². The fourth-order valence-electron chi connectivity index (χ4n) is 2.84. The molecule has 2 aromatic carbocycles. The van der Waals surface area contributed by atoms with Gasteiger partial charge in [0.1, 0.15) is 18.1 Å². The number of nitrogen functional groups attached to an aromatic ring is 1. The first-order valence-corrected chi connectivity index (χ1v) is 9.03. The second-order valence-electron chi connectivity index (χ2n) is 6.58. The number of furan rings is 1. The maximum atomic E-state index is 11.3. The van der Waals surface area contributed by atoms with Crippen LogP contribution < -0.4 is 10.5 Å². The van der Waals surface area contributed by atoms with E-state index in [0.29, 0.717) is 34.3 Å². The summed E-state index contributed by atoms with van der Waals surface area (Å²) in [5.41, 5.74) is 8.96. The van der Waals surface area contributed by atoms with Gasteiger partial charge < -0.3 is 19.4 Å². The van der Waals surface area contributed by atoms with Crippen LogP contribution in [0.3, 0.4) is 0 Å². The number of hydrogen-bond acceptors (Lipinski definition) is 7. The maximum absolute atomic E-state index is 11.3. The number of Topliss-reactive ketones (excluding diaryl/α,β-unsaturated/α-hetero) is 1. The molecule has 0 saturated carbocycles. The summed E-state index contributed by atoms with van der Waals surface area (Å²) in [7, 11) is 0. The number of nitrogens with two attached hydrogens (primary N) is 1. The fourth-order valence-corrected chi connectivity index (χ4v) is 2.84. The second kappa shape index (κ2) is 7.63. The summed E-state index contributed by atoms with van der Waals surface area (Å²) in [6.07, 6.45) is 0. The first kappa shape index (κ1) is 18.5. The van der Waals surface area contributed by atoms with Crippen molar-refractivity contribution in [3.8, 4) is 28.8 Å². The van der Waals surface area contributed by atoms with Crippen molar-refractivity contribution in [3.05, 3.63) is 71.5 Å². The molecule has 0 aliphatic heterocycles. The number of benzene rings is 2. The Hall–Kier alpha value is -3.87. The minimum Gasteiger partial charge on any atom is -0.486 e. The van der Waals surface area contributed by atoms with Crippen LogP contribution in [-0.2, 0) is 6.61 Å². The summed E-state index contributed by atoms with van der Waals surface area (Å²) in [6, 6.07) is 16.0. The predicted molar refractivity (Wildman–Crippen MR) is 107 cm³/mol. The van der Waals surface area contributed by atoms with Gasteiger partial charge in [0.2, 0.25) is 5.82 Å². The molecular weight excluding hydrogens is 370 g/mol. The number of carbonyl (C=O) groups is 1. The van der Waals surface area contributed by atoms with Crippen LogP contribution in [0.15, 0.2) is 63.5 Å². The van der Waals surface area contributed by atoms with E-state index in [4.69, 9.17) is 19.4 Å². The molecule has 0 aliphatic carbocycles. The van der Waals surface area contributed by atoms with Crippen LogP contribution in [0, 0.1) is 6.92 Å². The van der Waals surface area contributed by atoms with Crippen molar-refractivity contribution in [2.45, 2.75) is 20.5 Å². The second-order valence-corrected chi connectivity index (χ2v) is 6.58. The normalized spacial score (nSPS) is 10.8. The van der Waals surface area contributed by atoms with Crippen LogP contribution in [0.5, 0.6) is 5.75 Å². The number of carbonyl (C=O) groups excluding carboxylic acids is 1. The van der Waals surface area contributed by atoms with Crippen LogP contribution in [0.1, 0.15) is 28.6 Å². The van der Waals surface area contributed by atoms with Gasteiger partial charge in [0.15, 0.2) is 11.5 Å². The van der Waals surface area contributed by atoms with Gasteiger partial charge in [-0.05, 0) is 61.9 Å². The molecule has 0 fully saturated rings. The zero-order valence-corrected chi connectivity index (χ0v) is 16.0. The first-order chi connectivity index (χ1) is 14.0. The van der Waals surface area contributed by atoms with Gasteiger partial charge in [-0.1, -0.05) is 17.3 Å². The molecule has 7 heteroatoms. The Balaban J connectivity index is 1.46. The number of anilines is 1. The van der Waals surface area contributed by atoms with Gasteiger partial charge in [-0.3, -0.25) is 4.79 Å². The third kappa shape index (κ3) is 3.89. The van der Waals surface area contributed by atoms with E-state index < -0.39 is 0 Å². The Kier molecular flexibility index (Phi) is 4.87. The van der Waals surface area contributed by atoms with Crippen molar-refractivity contribution in [1.82, 2.24) is 10.1 Å². The van der Waals surface area contributed by atoms with Crippen LogP contribution in [0.25, 0.3) is 23.0 Å².